The average molecular weight is 297 g/mol. The van der Waals surface area contributed by atoms with Crippen LogP contribution in [0.1, 0.15) is 15.3 Å². The summed E-state index contributed by atoms with van der Waals surface area (Å²) in [6.07, 6.45) is 0. The lowest BCUT2D eigenvalue weighted by Gasteiger charge is -2.10. The van der Waals surface area contributed by atoms with Crippen molar-refractivity contribution < 1.29 is 0 Å². The van der Waals surface area contributed by atoms with Gasteiger partial charge in [-0.25, -0.2) is 0 Å². The van der Waals surface area contributed by atoms with Crippen molar-refractivity contribution >= 4 is 45.8 Å². The first-order valence-corrected chi connectivity index (χ1v) is 7.05. The monoisotopic (exact) mass is 296 g/mol. The van der Waals surface area contributed by atoms with Crippen molar-refractivity contribution in [3.8, 4) is 0 Å². The summed E-state index contributed by atoms with van der Waals surface area (Å²) in [7, 11) is 0. The largest absolute Gasteiger partial charge is 0.389 e. The highest BCUT2D eigenvalue weighted by Crippen LogP contribution is 2.23. The van der Waals surface area contributed by atoms with Crippen LogP contribution in [-0.4, -0.2) is 4.99 Å². The first-order chi connectivity index (χ1) is 8.56. The van der Waals surface area contributed by atoms with E-state index in [0.717, 1.165) is 17.8 Å². The van der Waals surface area contributed by atoms with Crippen LogP contribution in [0.25, 0.3) is 0 Å². The van der Waals surface area contributed by atoms with Crippen molar-refractivity contribution in [1.29, 1.82) is 0 Å². The number of benzene rings is 1. The second-order valence-corrected chi connectivity index (χ2v) is 6.17. The van der Waals surface area contributed by atoms with Crippen LogP contribution in [0.15, 0.2) is 30.3 Å². The predicted molar refractivity (Wildman–Crippen MR) is 83.7 cm³/mol. The summed E-state index contributed by atoms with van der Waals surface area (Å²) >= 11 is 12.8. The maximum absolute atomic E-state index is 5.99. The lowest BCUT2D eigenvalue weighted by Crippen LogP contribution is -2.13. The Balaban J connectivity index is 2.17. The SMILES string of the molecule is Cc1ccc(CNc2cc(Cl)ccc2C(N)=S)s1. The van der Waals surface area contributed by atoms with Gasteiger partial charge in [0.05, 0.1) is 0 Å². The Morgan fingerprint density at radius 3 is 2.78 bits per heavy atom. The Labute approximate surface area is 121 Å². The van der Waals surface area contributed by atoms with Crippen LogP contribution >= 0.6 is 35.2 Å². The number of anilines is 1. The maximum atomic E-state index is 5.99. The quantitative estimate of drug-likeness (QED) is 0.839. The number of hydrogen-bond donors (Lipinski definition) is 2. The third-order valence-corrected chi connectivity index (χ3v) is 3.95. The van der Waals surface area contributed by atoms with Crippen molar-refractivity contribution in [2.24, 2.45) is 5.73 Å². The molecule has 0 aliphatic carbocycles. The molecule has 2 rings (SSSR count). The molecule has 94 valence electrons. The first-order valence-electron chi connectivity index (χ1n) is 5.45. The molecular weight excluding hydrogens is 284 g/mol. The van der Waals surface area contributed by atoms with Gasteiger partial charge < -0.3 is 11.1 Å². The number of thiocarbonyl (C=S) groups is 1. The van der Waals surface area contributed by atoms with Crippen LogP contribution in [0, 0.1) is 6.92 Å². The van der Waals surface area contributed by atoms with Crippen LogP contribution in [-0.2, 0) is 6.54 Å². The van der Waals surface area contributed by atoms with Crippen LogP contribution in [0.4, 0.5) is 5.69 Å². The number of halogens is 1. The Hall–Kier alpha value is -1.10. The van der Waals surface area contributed by atoms with Crippen molar-refractivity contribution in [3.63, 3.8) is 0 Å². The fourth-order valence-corrected chi connectivity index (χ4v) is 2.82. The van der Waals surface area contributed by atoms with Gasteiger partial charge in [-0.1, -0.05) is 23.8 Å². The van der Waals surface area contributed by atoms with Crippen molar-refractivity contribution in [2.45, 2.75) is 13.5 Å². The van der Waals surface area contributed by atoms with E-state index >= 15 is 0 Å². The number of aryl methyl sites for hydroxylation is 1. The summed E-state index contributed by atoms with van der Waals surface area (Å²) in [6.45, 7) is 2.84. The molecule has 0 radical (unpaired) electrons. The molecular formula is C13H13ClN2S2. The summed E-state index contributed by atoms with van der Waals surface area (Å²) in [5.74, 6) is 0. The zero-order valence-corrected chi connectivity index (χ0v) is 12.3. The van der Waals surface area contributed by atoms with Crippen LogP contribution in [0.2, 0.25) is 5.02 Å². The summed E-state index contributed by atoms with van der Waals surface area (Å²) < 4.78 is 0. The van der Waals surface area contributed by atoms with E-state index in [2.05, 4.69) is 24.4 Å². The molecule has 5 heteroatoms. The van der Waals surface area contributed by atoms with Gasteiger partial charge in [0.15, 0.2) is 0 Å². The second-order valence-electron chi connectivity index (χ2n) is 3.92. The van der Waals surface area contributed by atoms with E-state index in [1.54, 1.807) is 17.4 Å². The van der Waals surface area contributed by atoms with Crippen molar-refractivity contribution in [2.75, 3.05) is 5.32 Å². The van der Waals surface area contributed by atoms with Crippen LogP contribution < -0.4 is 11.1 Å². The van der Waals surface area contributed by atoms with E-state index in [0.29, 0.717) is 10.0 Å². The fourth-order valence-electron chi connectivity index (χ4n) is 1.64. The summed E-state index contributed by atoms with van der Waals surface area (Å²) in [5.41, 5.74) is 7.39. The summed E-state index contributed by atoms with van der Waals surface area (Å²) in [5, 5.41) is 3.99. The van der Waals surface area contributed by atoms with Crippen LogP contribution in [0.3, 0.4) is 0 Å². The molecule has 2 nitrogen and oxygen atoms in total. The number of rotatable bonds is 4. The fraction of sp³-hybridized carbons (Fsp3) is 0.154. The molecule has 0 saturated heterocycles. The highest BCUT2D eigenvalue weighted by molar-refractivity contribution is 7.80. The average Bonchev–Trinajstić information content (AvgIpc) is 2.72. The third-order valence-electron chi connectivity index (χ3n) is 2.50. The van der Waals surface area contributed by atoms with Gasteiger partial charge in [0.1, 0.15) is 4.99 Å². The number of nitrogens with two attached hydrogens (primary N) is 1. The highest BCUT2D eigenvalue weighted by Gasteiger charge is 2.06. The molecule has 0 atom stereocenters. The molecule has 1 heterocycles. The molecule has 0 aliphatic rings. The molecule has 0 unspecified atom stereocenters. The topological polar surface area (TPSA) is 38.0 Å². The molecule has 0 bridgehead atoms. The second kappa shape index (κ2) is 5.69. The maximum Gasteiger partial charge on any atom is 0.106 e. The third kappa shape index (κ3) is 3.22. The van der Waals surface area contributed by atoms with Crippen molar-refractivity contribution in [1.82, 2.24) is 0 Å². The highest BCUT2D eigenvalue weighted by atomic mass is 35.5. The minimum atomic E-state index is 0.372. The van der Waals surface area contributed by atoms with Gasteiger partial charge in [0.2, 0.25) is 0 Å². The van der Waals surface area contributed by atoms with Gasteiger partial charge >= 0.3 is 0 Å². The Kier molecular flexibility index (Phi) is 4.22. The Morgan fingerprint density at radius 1 is 1.39 bits per heavy atom. The molecule has 0 spiro atoms. The lowest BCUT2D eigenvalue weighted by molar-refractivity contribution is 1.19. The minimum absolute atomic E-state index is 0.372. The van der Waals surface area contributed by atoms with E-state index in [9.17, 15) is 0 Å². The molecule has 18 heavy (non-hydrogen) atoms. The molecule has 1 aromatic heterocycles. The summed E-state index contributed by atoms with van der Waals surface area (Å²) in [4.78, 5) is 2.94. The lowest BCUT2D eigenvalue weighted by atomic mass is 10.1. The van der Waals surface area contributed by atoms with Gasteiger partial charge in [0, 0.05) is 32.6 Å². The van der Waals surface area contributed by atoms with E-state index < -0.39 is 0 Å². The molecule has 0 aliphatic heterocycles. The predicted octanol–water partition coefficient (Wildman–Crippen LogP) is 3.96. The van der Waals surface area contributed by atoms with Gasteiger partial charge in [-0.2, -0.15) is 0 Å². The molecule has 1 aromatic carbocycles. The van der Waals surface area contributed by atoms with E-state index in [-0.39, 0.29) is 0 Å². The number of hydrogen-bond acceptors (Lipinski definition) is 3. The smallest absolute Gasteiger partial charge is 0.106 e. The standard InChI is InChI=1S/C13H13ClN2S2/c1-8-2-4-10(18-8)7-16-12-6-9(14)3-5-11(12)13(15)17/h2-6,16H,7H2,1H3,(H2,15,17). The van der Waals surface area contributed by atoms with Gasteiger partial charge in [-0.05, 0) is 37.3 Å². The van der Waals surface area contributed by atoms with Crippen LogP contribution in [0.5, 0.6) is 0 Å². The molecule has 0 fully saturated rings. The van der Waals surface area contributed by atoms with Gasteiger partial charge in [-0.15, -0.1) is 11.3 Å². The summed E-state index contributed by atoms with van der Waals surface area (Å²) in [6, 6.07) is 9.69. The Morgan fingerprint density at radius 2 is 2.17 bits per heavy atom. The Bertz CT molecular complexity index is 578. The molecule has 2 aromatic rings. The van der Waals surface area contributed by atoms with Gasteiger partial charge in [-0.3, -0.25) is 0 Å². The van der Waals surface area contributed by atoms with Crippen molar-refractivity contribution in [3.05, 3.63) is 50.7 Å². The zero-order valence-electron chi connectivity index (χ0n) is 9.87. The molecule has 0 amide bonds. The zero-order chi connectivity index (χ0) is 13.1. The van der Waals surface area contributed by atoms with E-state index in [1.165, 1.54) is 9.75 Å². The molecule has 3 N–H and O–H groups in total. The normalized spacial score (nSPS) is 10.3. The number of nitrogens with one attached hydrogen (secondary N) is 1. The molecule has 0 saturated carbocycles. The van der Waals surface area contributed by atoms with Gasteiger partial charge in [0.25, 0.3) is 0 Å². The van der Waals surface area contributed by atoms with E-state index in [4.69, 9.17) is 29.6 Å². The van der Waals surface area contributed by atoms with E-state index in [1.807, 2.05) is 12.1 Å². The first kappa shape index (κ1) is 13.3. The minimum Gasteiger partial charge on any atom is -0.389 e. The number of thiophene rings is 1.